The number of aromatic nitrogens is 2. The molecule has 1 atom stereocenters. The van der Waals surface area contributed by atoms with Gasteiger partial charge in [-0.25, -0.2) is 18.2 Å². The molecule has 1 fully saturated rings. The molecule has 2 aliphatic rings. The van der Waals surface area contributed by atoms with Gasteiger partial charge in [0.1, 0.15) is 12.4 Å². The summed E-state index contributed by atoms with van der Waals surface area (Å²) in [5.74, 6) is -2.36. The lowest BCUT2D eigenvalue weighted by Crippen LogP contribution is -2.56. The molecule has 2 aliphatic heterocycles. The van der Waals surface area contributed by atoms with Crippen molar-refractivity contribution >= 4 is 17.6 Å². The highest BCUT2D eigenvalue weighted by Gasteiger charge is 2.37. The van der Waals surface area contributed by atoms with Gasteiger partial charge < -0.3 is 14.0 Å². The Balaban J connectivity index is 1.40. The Kier molecular flexibility index (Phi) is 6.67. The third kappa shape index (κ3) is 4.66. The van der Waals surface area contributed by atoms with Crippen LogP contribution in [0.1, 0.15) is 22.9 Å². The number of anilines is 1. The van der Waals surface area contributed by atoms with Gasteiger partial charge in [-0.1, -0.05) is 36.4 Å². The molecule has 1 saturated heterocycles. The van der Waals surface area contributed by atoms with E-state index in [2.05, 4.69) is 4.98 Å². The molecule has 0 spiro atoms. The van der Waals surface area contributed by atoms with Gasteiger partial charge in [-0.15, -0.1) is 0 Å². The first-order chi connectivity index (χ1) is 19.4. The fourth-order valence-corrected chi connectivity index (χ4v) is 5.05. The minimum absolute atomic E-state index is 0.181. The van der Waals surface area contributed by atoms with E-state index in [4.69, 9.17) is 14.5 Å². The number of nitrogens with zero attached hydrogens (tertiary/aromatic N) is 5. The smallest absolute Gasteiger partial charge is 0.194 e. The van der Waals surface area contributed by atoms with Crippen LogP contribution in [0.5, 0.6) is 5.75 Å². The number of benzene rings is 3. The van der Waals surface area contributed by atoms with E-state index in [1.165, 1.54) is 0 Å². The standard InChI is InChI=1S/C30H26F3N5O2/c1-19-17-36(18-35-19)25-9-8-20(12-27(25)39-2)13-28-30-34-16-26(21-6-4-3-5-7-21)38(37(30)10-11-40-28)22-14-23(31)29(33)24(32)15-22/h3-9,12-15,17-18,26H,10-11,16H2,1-2H3/b28-13-. The molecule has 0 radical (unpaired) electrons. The number of methoxy groups -OCH3 is 1. The van der Waals surface area contributed by atoms with Crippen LogP contribution in [0.4, 0.5) is 18.9 Å². The number of halogens is 3. The second-order valence-electron chi connectivity index (χ2n) is 9.49. The molecule has 0 N–H and O–H groups in total. The number of amidine groups is 1. The maximum absolute atomic E-state index is 14.4. The van der Waals surface area contributed by atoms with E-state index in [0.29, 0.717) is 37.0 Å². The minimum atomic E-state index is -1.50. The van der Waals surface area contributed by atoms with E-state index in [-0.39, 0.29) is 11.7 Å². The van der Waals surface area contributed by atoms with E-state index in [1.54, 1.807) is 18.4 Å². The second kappa shape index (κ2) is 10.4. The molecule has 3 heterocycles. The van der Waals surface area contributed by atoms with Crippen LogP contribution in [-0.2, 0) is 4.74 Å². The van der Waals surface area contributed by atoms with Crippen LogP contribution >= 0.6 is 0 Å². The fraction of sp³-hybridized carbons (Fsp3) is 0.200. The Morgan fingerprint density at radius 2 is 1.80 bits per heavy atom. The van der Waals surface area contributed by atoms with Gasteiger partial charge in [-0.05, 0) is 36.3 Å². The number of ether oxygens (including phenoxy) is 2. The van der Waals surface area contributed by atoms with Crippen LogP contribution in [-0.4, -0.2) is 47.2 Å². The second-order valence-corrected chi connectivity index (χ2v) is 9.49. The molecule has 0 saturated carbocycles. The van der Waals surface area contributed by atoms with Crippen molar-refractivity contribution in [3.63, 3.8) is 0 Å². The Morgan fingerprint density at radius 1 is 1.02 bits per heavy atom. The van der Waals surface area contributed by atoms with Crippen molar-refractivity contribution < 1.29 is 22.6 Å². The zero-order valence-corrected chi connectivity index (χ0v) is 21.9. The highest BCUT2D eigenvalue weighted by molar-refractivity contribution is 6.02. The third-order valence-corrected chi connectivity index (χ3v) is 6.90. The van der Waals surface area contributed by atoms with Gasteiger partial charge in [0.15, 0.2) is 29.0 Å². The predicted molar refractivity (Wildman–Crippen MR) is 146 cm³/mol. The Morgan fingerprint density at radius 3 is 2.50 bits per heavy atom. The van der Waals surface area contributed by atoms with E-state index in [1.807, 2.05) is 77.3 Å². The SMILES string of the molecule is COc1cc(/C=C2\OCCN3C2=NCC(c2ccccc2)N3c2cc(F)c(F)c(F)c2)ccc1-n1cnc(C)c1. The van der Waals surface area contributed by atoms with Gasteiger partial charge in [0.25, 0.3) is 0 Å². The average molecular weight is 546 g/mol. The lowest BCUT2D eigenvalue weighted by Gasteiger charge is -2.48. The molecule has 40 heavy (non-hydrogen) atoms. The number of aryl methyl sites for hydroxylation is 1. The van der Waals surface area contributed by atoms with Crippen LogP contribution in [0.15, 0.2) is 83.9 Å². The molecule has 0 bridgehead atoms. The number of morpholine rings is 1. The van der Waals surface area contributed by atoms with Gasteiger partial charge >= 0.3 is 0 Å². The Bertz CT molecular complexity index is 1600. The molecular formula is C30H26F3N5O2. The average Bonchev–Trinajstić information content (AvgIpc) is 3.41. The van der Waals surface area contributed by atoms with E-state index >= 15 is 0 Å². The lowest BCUT2D eigenvalue weighted by atomic mass is 10.0. The molecule has 1 aromatic heterocycles. The van der Waals surface area contributed by atoms with E-state index < -0.39 is 17.5 Å². The molecule has 3 aromatic carbocycles. The summed E-state index contributed by atoms with van der Waals surface area (Å²) < 4.78 is 56.2. The largest absolute Gasteiger partial charge is 0.495 e. The van der Waals surface area contributed by atoms with Crippen molar-refractivity contribution in [2.75, 3.05) is 31.8 Å². The first-order valence-corrected chi connectivity index (χ1v) is 12.8. The maximum Gasteiger partial charge on any atom is 0.194 e. The highest BCUT2D eigenvalue weighted by Crippen LogP contribution is 2.36. The molecule has 1 unspecified atom stereocenters. The first kappa shape index (κ1) is 25.5. The Labute approximate surface area is 229 Å². The molecule has 10 heteroatoms. The van der Waals surface area contributed by atoms with E-state index in [9.17, 15) is 13.2 Å². The summed E-state index contributed by atoms with van der Waals surface area (Å²) in [5.41, 5.74) is 3.62. The zero-order valence-electron chi connectivity index (χ0n) is 21.9. The van der Waals surface area contributed by atoms with Gasteiger partial charge in [0.05, 0.1) is 49.6 Å². The summed E-state index contributed by atoms with van der Waals surface area (Å²) in [6, 6.07) is 16.9. The molecule has 4 aromatic rings. The van der Waals surface area contributed by atoms with Gasteiger partial charge in [0.2, 0.25) is 0 Å². The summed E-state index contributed by atoms with van der Waals surface area (Å²) in [5, 5.41) is 3.60. The van der Waals surface area contributed by atoms with Crippen LogP contribution in [0.3, 0.4) is 0 Å². The summed E-state index contributed by atoms with van der Waals surface area (Å²) >= 11 is 0. The lowest BCUT2D eigenvalue weighted by molar-refractivity contribution is 0.152. The van der Waals surface area contributed by atoms with Crippen LogP contribution in [0.2, 0.25) is 0 Å². The molecular weight excluding hydrogens is 519 g/mol. The van der Waals surface area contributed by atoms with Crippen LogP contribution < -0.4 is 9.75 Å². The van der Waals surface area contributed by atoms with E-state index in [0.717, 1.165) is 34.6 Å². The van der Waals surface area contributed by atoms with Gasteiger partial charge in [-0.2, -0.15) is 0 Å². The summed E-state index contributed by atoms with van der Waals surface area (Å²) in [6.07, 6.45) is 5.49. The molecule has 0 amide bonds. The van der Waals surface area contributed by atoms with Crippen molar-refractivity contribution in [1.82, 2.24) is 14.6 Å². The predicted octanol–water partition coefficient (Wildman–Crippen LogP) is 5.85. The fourth-order valence-electron chi connectivity index (χ4n) is 5.05. The quantitative estimate of drug-likeness (QED) is 0.295. The minimum Gasteiger partial charge on any atom is -0.495 e. The number of hydrogen-bond donors (Lipinski definition) is 0. The normalized spacial score (nSPS) is 17.9. The van der Waals surface area contributed by atoms with Crippen LogP contribution in [0, 0.1) is 24.4 Å². The van der Waals surface area contributed by atoms with Crippen molar-refractivity contribution in [1.29, 1.82) is 0 Å². The summed E-state index contributed by atoms with van der Waals surface area (Å²) in [4.78, 5) is 9.13. The van der Waals surface area contributed by atoms with Crippen molar-refractivity contribution in [3.05, 3.63) is 113 Å². The van der Waals surface area contributed by atoms with Gasteiger partial charge in [-0.3, -0.25) is 15.0 Å². The number of hydrogen-bond acceptors (Lipinski definition) is 6. The van der Waals surface area contributed by atoms with Crippen molar-refractivity contribution in [3.8, 4) is 11.4 Å². The molecule has 204 valence electrons. The van der Waals surface area contributed by atoms with Crippen LogP contribution in [0.25, 0.3) is 11.8 Å². The molecule has 6 rings (SSSR count). The monoisotopic (exact) mass is 545 g/mol. The maximum atomic E-state index is 14.4. The Hall–Kier alpha value is -4.73. The molecule has 7 nitrogen and oxygen atoms in total. The number of rotatable bonds is 5. The number of imidazole rings is 1. The van der Waals surface area contributed by atoms with Gasteiger partial charge in [0, 0.05) is 18.3 Å². The zero-order chi connectivity index (χ0) is 27.8. The summed E-state index contributed by atoms with van der Waals surface area (Å²) in [7, 11) is 1.60. The first-order valence-electron chi connectivity index (χ1n) is 12.8. The van der Waals surface area contributed by atoms with Crippen molar-refractivity contribution in [2.45, 2.75) is 13.0 Å². The molecule has 0 aliphatic carbocycles. The topological polar surface area (TPSA) is 55.1 Å². The highest BCUT2D eigenvalue weighted by atomic mass is 19.2. The number of fused-ring (bicyclic) bond motifs is 1. The number of hydrazine groups is 1. The summed E-state index contributed by atoms with van der Waals surface area (Å²) in [6.45, 7) is 2.89. The third-order valence-electron chi connectivity index (χ3n) is 6.90. The number of aliphatic imine (C=N–C) groups is 1. The van der Waals surface area contributed by atoms with Crippen molar-refractivity contribution in [2.24, 2.45) is 4.99 Å².